The lowest BCUT2D eigenvalue weighted by Gasteiger charge is -2.11. The van der Waals surface area contributed by atoms with Gasteiger partial charge in [0, 0.05) is 30.7 Å². The molecule has 0 radical (unpaired) electrons. The van der Waals surface area contributed by atoms with Gasteiger partial charge in [0.05, 0.1) is 6.54 Å². The van der Waals surface area contributed by atoms with Crippen LogP contribution in [0.5, 0.6) is 0 Å². The van der Waals surface area contributed by atoms with Crippen LogP contribution in [0.1, 0.15) is 41.9 Å². The summed E-state index contributed by atoms with van der Waals surface area (Å²) in [6.45, 7) is 1.14. The van der Waals surface area contributed by atoms with Gasteiger partial charge in [-0.05, 0) is 12.8 Å². The molecular formula is C17H19N3O3S. The van der Waals surface area contributed by atoms with Crippen LogP contribution in [0.15, 0.2) is 40.0 Å². The van der Waals surface area contributed by atoms with Crippen molar-refractivity contribution in [3.8, 4) is 0 Å². The number of Topliss-reactive ketones (excluding diaryl/α,β-unsaturated/α-hetero) is 1. The Morgan fingerprint density at radius 1 is 1.25 bits per heavy atom. The second-order valence-electron chi connectivity index (χ2n) is 5.62. The van der Waals surface area contributed by atoms with E-state index >= 15 is 0 Å². The number of carbonyl (C=O) groups excluding carboxylic acids is 2. The highest BCUT2D eigenvalue weighted by Crippen LogP contribution is 2.20. The predicted octanol–water partition coefficient (Wildman–Crippen LogP) is 2.95. The van der Waals surface area contributed by atoms with Crippen molar-refractivity contribution in [2.24, 2.45) is 0 Å². The smallest absolute Gasteiger partial charge is 0.276 e. The molecule has 6 nitrogen and oxygen atoms in total. The summed E-state index contributed by atoms with van der Waals surface area (Å²) < 4.78 is 5.55. The highest BCUT2D eigenvalue weighted by Gasteiger charge is 2.22. The molecule has 1 aliphatic heterocycles. The van der Waals surface area contributed by atoms with Crippen LogP contribution in [0.4, 0.5) is 0 Å². The molecule has 2 heterocycles. The van der Waals surface area contributed by atoms with E-state index in [-0.39, 0.29) is 11.7 Å². The summed E-state index contributed by atoms with van der Waals surface area (Å²) in [6, 6.07) is 9.30. The Hall–Kier alpha value is -2.15. The first-order chi connectivity index (χ1) is 11.7. The highest BCUT2D eigenvalue weighted by molar-refractivity contribution is 7.99. The van der Waals surface area contributed by atoms with Crippen molar-refractivity contribution in [1.29, 1.82) is 0 Å². The van der Waals surface area contributed by atoms with Crippen molar-refractivity contribution in [2.45, 2.75) is 37.5 Å². The molecule has 1 aromatic heterocycles. The Labute approximate surface area is 144 Å². The Morgan fingerprint density at radius 3 is 2.83 bits per heavy atom. The number of rotatable bonds is 8. The fraction of sp³-hybridized carbons (Fsp3) is 0.412. The minimum Gasteiger partial charge on any atom is -0.414 e. The van der Waals surface area contributed by atoms with Crippen LogP contribution in [0.3, 0.4) is 0 Å². The third-order valence-electron chi connectivity index (χ3n) is 3.82. The van der Waals surface area contributed by atoms with Crippen molar-refractivity contribution < 1.29 is 14.0 Å². The van der Waals surface area contributed by atoms with Gasteiger partial charge in [0.15, 0.2) is 5.78 Å². The average molecular weight is 345 g/mol. The zero-order valence-electron chi connectivity index (χ0n) is 13.3. The Kier molecular flexibility index (Phi) is 5.63. The van der Waals surface area contributed by atoms with E-state index in [0.29, 0.717) is 30.5 Å². The van der Waals surface area contributed by atoms with Crippen LogP contribution in [0.2, 0.25) is 0 Å². The lowest BCUT2D eigenvalue weighted by molar-refractivity contribution is -0.128. The van der Waals surface area contributed by atoms with Crippen LogP contribution < -0.4 is 0 Å². The molecule has 0 aliphatic carbocycles. The Balaban J connectivity index is 1.39. The molecule has 1 aliphatic rings. The zero-order chi connectivity index (χ0) is 16.8. The molecule has 24 heavy (non-hydrogen) atoms. The summed E-state index contributed by atoms with van der Waals surface area (Å²) in [5.41, 5.74) is 0.748. The summed E-state index contributed by atoms with van der Waals surface area (Å²) in [7, 11) is 0. The van der Waals surface area contributed by atoms with Crippen LogP contribution >= 0.6 is 11.8 Å². The van der Waals surface area contributed by atoms with Crippen LogP contribution in [-0.2, 0) is 11.3 Å². The second kappa shape index (κ2) is 8.10. The quantitative estimate of drug-likeness (QED) is 0.416. The average Bonchev–Trinajstić information content (AvgIpc) is 3.22. The zero-order valence-corrected chi connectivity index (χ0v) is 14.1. The van der Waals surface area contributed by atoms with Gasteiger partial charge in [-0.25, -0.2) is 0 Å². The fourth-order valence-corrected chi connectivity index (χ4v) is 3.27. The molecule has 3 rings (SSSR count). The molecule has 7 heteroatoms. The second-order valence-corrected chi connectivity index (χ2v) is 6.67. The monoisotopic (exact) mass is 345 g/mol. The van der Waals surface area contributed by atoms with Gasteiger partial charge in [-0.15, -0.1) is 10.2 Å². The van der Waals surface area contributed by atoms with Gasteiger partial charge in [0.1, 0.15) is 0 Å². The lowest BCUT2D eigenvalue weighted by Crippen LogP contribution is -2.23. The topological polar surface area (TPSA) is 76.3 Å². The summed E-state index contributed by atoms with van der Waals surface area (Å²) in [6.07, 6.45) is 2.75. The van der Waals surface area contributed by atoms with Crippen LogP contribution in [-0.4, -0.2) is 39.1 Å². The minimum absolute atomic E-state index is 0.141. The summed E-state index contributed by atoms with van der Waals surface area (Å²) in [5, 5.41) is 8.45. The van der Waals surface area contributed by atoms with Crippen molar-refractivity contribution >= 4 is 23.5 Å². The van der Waals surface area contributed by atoms with E-state index in [0.717, 1.165) is 30.7 Å². The van der Waals surface area contributed by atoms with Gasteiger partial charge >= 0.3 is 0 Å². The molecule has 0 unspecified atom stereocenters. The molecule has 1 amide bonds. The number of likely N-dealkylation sites (tertiary alicyclic amines) is 1. The number of ketones is 1. The number of hydrogen-bond donors (Lipinski definition) is 0. The number of nitrogens with zero attached hydrogens (tertiary/aromatic N) is 3. The fourth-order valence-electron chi connectivity index (χ4n) is 2.56. The van der Waals surface area contributed by atoms with Gasteiger partial charge in [-0.1, -0.05) is 42.1 Å². The van der Waals surface area contributed by atoms with E-state index in [9.17, 15) is 9.59 Å². The maximum absolute atomic E-state index is 12.0. The molecule has 126 valence electrons. The maximum Gasteiger partial charge on any atom is 0.276 e. The number of benzene rings is 1. The van der Waals surface area contributed by atoms with Gasteiger partial charge in [0.25, 0.3) is 5.22 Å². The standard InChI is InChI=1S/C17H19N3O3S/c21-14(13-6-2-1-3-7-13)8-5-11-24-17-19-18-15(23-17)12-20-10-4-9-16(20)22/h1-3,6-7H,4-5,8-12H2. The van der Waals surface area contributed by atoms with Gasteiger partial charge in [-0.3, -0.25) is 9.59 Å². The minimum atomic E-state index is 0.141. The molecule has 1 fully saturated rings. The number of aromatic nitrogens is 2. The largest absolute Gasteiger partial charge is 0.414 e. The molecule has 0 N–H and O–H groups in total. The van der Waals surface area contributed by atoms with Crippen molar-refractivity contribution in [1.82, 2.24) is 15.1 Å². The molecule has 1 aromatic carbocycles. The van der Waals surface area contributed by atoms with Gasteiger partial charge in [0.2, 0.25) is 11.8 Å². The molecule has 0 bridgehead atoms. The van der Waals surface area contributed by atoms with Crippen LogP contribution in [0.25, 0.3) is 0 Å². The SMILES string of the molecule is O=C(CCCSc1nnc(CN2CCCC2=O)o1)c1ccccc1. The van der Waals surface area contributed by atoms with E-state index in [4.69, 9.17) is 4.42 Å². The lowest BCUT2D eigenvalue weighted by atomic mass is 10.1. The summed E-state index contributed by atoms with van der Waals surface area (Å²) in [4.78, 5) is 25.3. The van der Waals surface area contributed by atoms with E-state index in [1.54, 1.807) is 4.90 Å². The molecule has 1 saturated heterocycles. The van der Waals surface area contributed by atoms with E-state index in [2.05, 4.69) is 10.2 Å². The van der Waals surface area contributed by atoms with Crippen molar-refractivity contribution in [2.75, 3.05) is 12.3 Å². The number of amides is 1. The Morgan fingerprint density at radius 2 is 2.08 bits per heavy atom. The normalized spacial score (nSPS) is 14.3. The Bertz CT molecular complexity index is 702. The van der Waals surface area contributed by atoms with E-state index < -0.39 is 0 Å². The predicted molar refractivity (Wildman–Crippen MR) is 89.7 cm³/mol. The first-order valence-corrected chi connectivity index (χ1v) is 9.02. The van der Waals surface area contributed by atoms with Gasteiger partial charge < -0.3 is 9.32 Å². The van der Waals surface area contributed by atoms with Crippen LogP contribution in [0, 0.1) is 0 Å². The first-order valence-electron chi connectivity index (χ1n) is 8.03. The number of carbonyl (C=O) groups is 2. The molecule has 0 atom stereocenters. The van der Waals surface area contributed by atoms with Gasteiger partial charge in [-0.2, -0.15) is 0 Å². The molecule has 0 spiro atoms. The van der Waals surface area contributed by atoms with E-state index in [1.807, 2.05) is 30.3 Å². The van der Waals surface area contributed by atoms with Crippen molar-refractivity contribution in [3.63, 3.8) is 0 Å². The number of hydrogen-bond acceptors (Lipinski definition) is 6. The maximum atomic E-state index is 12.0. The molecule has 0 saturated carbocycles. The third-order valence-corrected chi connectivity index (χ3v) is 4.72. The van der Waals surface area contributed by atoms with E-state index in [1.165, 1.54) is 11.8 Å². The van der Waals surface area contributed by atoms with Crippen molar-refractivity contribution in [3.05, 3.63) is 41.8 Å². The number of thioether (sulfide) groups is 1. The first kappa shape index (κ1) is 16.7. The highest BCUT2D eigenvalue weighted by atomic mass is 32.2. The summed E-state index contributed by atoms with van der Waals surface area (Å²) >= 11 is 1.44. The molecule has 2 aromatic rings. The summed E-state index contributed by atoms with van der Waals surface area (Å²) in [5.74, 6) is 1.49. The third kappa shape index (κ3) is 4.44. The molecular weight excluding hydrogens is 326 g/mol.